The van der Waals surface area contributed by atoms with E-state index in [1.807, 2.05) is 9.80 Å². The van der Waals surface area contributed by atoms with Crippen LogP contribution in [0.5, 0.6) is 6.01 Å². The zero-order valence-corrected chi connectivity index (χ0v) is 16.8. The van der Waals surface area contributed by atoms with Gasteiger partial charge in [-0.2, -0.15) is 0 Å². The fourth-order valence-corrected chi connectivity index (χ4v) is 3.73. The first kappa shape index (κ1) is 20.4. The van der Waals surface area contributed by atoms with Gasteiger partial charge in [-0.1, -0.05) is 13.8 Å². The molecule has 2 fully saturated rings. The summed E-state index contributed by atoms with van der Waals surface area (Å²) in [6.45, 7) is 8.36. The highest BCUT2D eigenvalue weighted by atomic mass is 16.5. The molecule has 28 heavy (non-hydrogen) atoms. The number of hydrogen-bond acceptors (Lipinski definition) is 5. The van der Waals surface area contributed by atoms with Crippen molar-refractivity contribution in [1.82, 2.24) is 25.1 Å². The molecule has 3 rings (SSSR count). The Morgan fingerprint density at radius 2 is 1.96 bits per heavy atom. The number of carbonyl (C=O) groups excluding carboxylic acids is 2. The van der Waals surface area contributed by atoms with E-state index in [0.29, 0.717) is 37.4 Å². The summed E-state index contributed by atoms with van der Waals surface area (Å²) in [5, 5.41) is 2.98. The van der Waals surface area contributed by atoms with Crippen molar-refractivity contribution >= 4 is 11.9 Å². The molecule has 0 spiro atoms. The summed E-state index contributed by atoms with van der Waals surface area (Å²) in [6.07, 6.45) is 5.69. The van der Waals surface area contributed by atoms with Crippen LogP contribution in [-0.4, -0.2) is 71.0 Å². The summed E-state index contributed by atoms with van der Waals surface area (Å²) in [4.78, 5) is 36.5. The lowest BCUT2D eigenvalue weighted by Gasteiger charge is -2.34. The standard InChI is InChI=1S/C20H31N5O3/c1-15(2)11-23-20(27)24-8-4-16(5-9-24)12-25-13-17(10-18(25)26)14-28-19-21-6-3-7-22-19/h3,6-7,15-17H,4-5,8-14H2,1-2H3,(H,23,27). The second-order valence-electron chi connectivity index (χ2n) is 8.22. The number of urea groups is 1. The lowest BCUT2D eigenvalue weighted by Crippen LogP contribution is -2.46. The highest BCUT2D eigenvalue weighted by molar-refractivity contribution is 5.78. The number of nitrogens with zero attached hydrogens (tertiary/aromatic N) is 4. The molecule has 0 aromatic carbocycles. The summed E-state index contributed by atoms with van der Waals surface area (Å²) in [5.41, 5.74) is 0. The molecule has 2 aliphatic heterocycles. The van der Waals surface area contributed by atoms with Crippen LogP contribution >= 0.6 is 0 Å². The van der Waals surface area contributed by atoms with Gasteiger partial charge in [-0.3, -0.25) is 4.79 Å². The molecular formula is C20H31N5O3. The summed E-state index contributed by atoms with van der Waals surface area (Å²) in [5.74, 6) is 1.28. The molecule has 0 bridgehead atoms. The fourth-order valence-electron chi connectivity index (χ4n) is 3.73. The molecule has 1 atom stereocenters. The van der Waals surface area contributed by atoms with E-state index >= 15 is 0 Å². The predicted octanol–water partition coefficient (Wildman–Crippen LogP) is 1.78. The Labute approximate surface area is 166 Å². The van der Waals surface area contributed by atoms with Crippen LogP contribution in [0.2, 0.25) is 0 Å². The number of likely N-dealkylation sites (tertiary alicyclic amines) is 2. The van der Waals surface area contributed by atoms with Gasteiger partial charge in [0.1, 0.15) is 0 Å². The lowest BCUT2D eigenvalue weighted by molar-refractivity contribution is -0.128. The van der Waals surface area contributed by atoms with E-state index in [0.717, 1.165) is 39.0 Å². The van der Waals surface area contributed by atoms with Crippen LogP contribution in [0.4, 0.5) is 4.79 Å². The summed E-state index contributed by atoms with van der Waals surface area (Å²) < 4.78 is 5.60. The molecule has 0 radical (unpaired) electrons. The Morgan fingerprint density at radius 1 is 1.25 bits per heavy atom. The third-order valence-corrected chi connectivity index (χ3v) is 5.33. The number of amides is 3. The molecule has 2 aliphatic rings. The monoisotopic (exact) mass is 389 g/mol. The molecule has 8 nitrogen and oxygen atoms in total. The Bertz CT molecular complexity index is 647. The smallest absolute Gasteiger partial charge is 0.317 e. The molecular weight excluding hydrogens is 358 g/mol. The van der Waals surface area contributed by atoms with Gasteiger partial charge in [0.05, 0.1) is 6.61 Å². The number of carbonyl (C=O) groups is 2. The Morgan fingerprint density at radius 3 is 2.64 bits per heavy atom. The van der Waals surface area contributed by atoms with Crippen molar-refractivity contribution in [3.63, 3.8) is 0 Å². The Hall–Kier alpha value is -2.38. The lowest BCUT2D eigenvalue weighted by atomic mass is 9.96. The van der Waals surface area contributed by atoms with Gasteiger partial charge in [-0.05, 0) is 30.7 Å². The number of nitrogens with one attached hydrogen (secondary N) is 1. The van der Waals surface area contributed by atoms with Crippen LogP contribution in [0, 0.1) is 17.8 Å². The molecule has 1 unspecified atom stereocenters. The van der Waals surface area contributed by atoms with Gasteiger partial charge in [-0.25, -0.2) is 14.8 Å². The molecule has 154 valence electrons. The van der Waals surface area contributed by atoms with Crippen LogP contribution in [0.15, 0.2) is 18.5 Å². The number of piperidine rings is 1. The van der Waals surface area contributed by atoms with Gasteiger partial charge in [-0.15, -0.1) is 0 Å². The van der Waals surface area contributed by atoms with Crippen LogP contribution < -0.4 is 10.1 Å². The number of hydrogen-bond donors (Lipinski definition) is 1. The third-order valence-electron chi connectivity index (χ3n) is 5.33. The normalized spacial score (nSPS) is 20.7. The van der Waals surface area contributed by atoms with E-state index in [2.05, 4.69) is 29.1 Å². The molecule has 0 aliphatic carbocycles. The number of aromatic nitrogens is 2. The Kier molecular flexibility index (Phi) is 7.06. The first-order valence-electron chi connectivity index (χ1n) is 10.2. The maximum absolute atomic E-state index is 12.4. The molecule has 1 N–H and O–H groups in total. The SMILES string of the molecule is CC(C)CNC(=O)N1CCC(CN2CC(COc3ncccn3)CC2=O)CC1. The first-order valence-corrected chi connectivity index (χ1v) is 10.2. The summed E-state index contributed by atoms with van der Waals surface area (Å²) in [7, 11) is 0. The van der Waals surface area contributed by atoms with Gasteiger partial charge >= 0.3 is 12.0 Å². The molecule has 3 heterocycles. The van der Waals surface area contributed by atoms with E-state index in [1.165, 1.54) is 0 Å². The Balaban J connectivity index is 1.38. The number of rotatable bonds is 7. The zero-order valence-electron chi connectivity index (χ0n) is 16.8. The van der Waals surface area contributed by atoms with Crippen molar-refractivity contribution in [2.45, 2.75) is 33.1 Å². The second-order valence-corrected chi connectivity index (χ2v) is 8.22. The van der Waals surface area contributed by atoms with Crippen molar-refractivity contribution in [2.24, 2.45) is 17.8 Å². The van der Waals surface area contributed by atoms with Crippen LogP contribution in [0.25, 0.3) is 0 Å². The highest BCUT2D eigenvalue weighted by Crippen LogP contribution is 2.24. The summed E-state index contributed by atoms with van der Waals surface area (Å²) >= 11 is 0. The minimum atomic E-state index is 0.0322. The quantitative estimate of drug-likeness (QED) is 0.768. The van der Waals surface area contributed by atoms with Crippen molar-refractivity contribution in [3.8, 4) is 6.01 Å². The van der Waals surface area contributed by atoms with Crippen LogP contribution in [0.1, 0.15) is 33.1 Å². The fraction of sp³-hybridized carbons (Fsp3) is 0.700. The maximum atomic E-state index is 12.4. The van der Waals surface area contributed by atoms with E-state index in [1.54, 1.807) is 18.5 Å². The first-order chi connectivity index (χ1) is 13.5. The van der Waals surface area contributed by atoms with Gasteiger partial charge in [0.15, 0.2) is 0 Å². The van der Waals surface area contributed by atoms with Crippen molar-refractivity contribution in [1.29, 1.82) is 0 Å². The molecule has 1 aromatic heterocycles. The van der Waals surface area contributed by atoms with E-state index in [-0.39, 0.29) is 17.9 Å². The topological polar surface area (TPSA) is 87.7 Å². The summed E-state index contributed by atoms with van der Waals surface area (Å²) in [6, 6.07) is 2.13. The van der Waals surface area contributed by atoms with Crippen LogP contribution in [0.3, 0.4) is 0 Å². The minimum Gasteiger partial charge on any atom is -0.463 e. The van der Waals surface area contributed by atoms with Gasteiger partial charge in [0, 0.05) is 57.5 Å². The molecule has 1 aromatic rings. The van der Waals surface area contributed by atoms with Crippen molar-refractivity contribution < 1.29 is 14.3 Å². The molecule has 2 saturated heterocycles. The second kappa shape index (κ2) is 9.71. The molecule has 8 heteroatoms. The van der Waals surface area contributed by atoms with Gasteiger partial charge in [0.2, 0.25) is 5.91 Å². The van der Waals surface area contributed by atoms with E-state index in [4.69, 9.17) is 4.74 Å². The largest absolute Gasteiger partial charge is 0.463 e. The van der Waals surface area contributed by atoms with Gasteiger partial charge < -0.3 is 19.9 Å². The molecule has 0 saturated carbocycles. The van der Waals surface area contributed by atoms with E-state index < -0.39 is 0 Å². The van der Waals surface area contributed by atoms with Crippen molar-refractivity contribution in [3.05, 3.63) is 18.5 Å². The third kappa shape index (κ3) is 5.81. The minimum absolute atomic E-state index is 0.0322. The number of ether oxygens (including phenoxy) is 1. The predicted molar refractivity (Wildman–Crippen MR) is 105 cm³/mol. The van der Waals surface area contributed by atoms with Crippen LogP contribution in [-0.2, 0) is 4.79 Å². The zero-order chi connectivity index (χ0) is 19.9. The van der Waals surface area contributed by atoms with E-state index in [9.17, 15) is 9.59 Å². The highest BCUT2D eigenvalue weighted by Gasteiger charge is 2.33. The molecule has 3 amide bonds. The van der Waals surface area contributed by atoms with Crippen molar-refractivity contribution in [2.75, 3.05) is 39.3 Å². The average Bonchev–Trinajstić information content (AvgIpc) is 3.05. The maximum Gasteiger partial charge on any atom is 0.317 e. The average molecular weight is 390 g/mol. The van der Waals surface area contributed by atoms with Gasteiger partial charge in [0.25, 0.3) is 0 Å².